The molecule has 0 aliphatic rings. The molecule has 2 aromatic rings. The fourth-order valence-corrected chi connectivity index (χ4v) is 1.03. The van der Waals surface area contributed by atoms with Gasteiger partial charge in [0.15, 0.2) is 5.82 Å². The van der Waals surface area contributed by atoms with Crippen molar-refractivity contribution in [3.05, 3.63) is 35.7 Å². The predicted molar refractivity (Wildman–Crippen MR) is 51.9 cm³/mol. The Labute approximate surface area is 80.6 Å². The maximum atomic E-state index is 5.34. The number of nitrogens with two attached hydrogens (primary N) is 1. The molecule has 0 fully saturated rings. The van der Waals surface area contributed by atoms with Gasteiger partial charge in [-0.3, -0.25) is 0 Å². The third-order valence-electron chi connectivity index (χ3n) is 1.71. The minimum atomic E-state index is 0.293. The van der Waals surface area contributed by atoms with Crippen molar-refractivity contribution in [2.24, 2.45) is 5.73 Å². The van der Waals surface area contributed by atoms with Crippen molar-refractivity contribution in [3.63, 3.8) is 0 Å². The largest absolute Gasteiger partial charge is 0.367 e. The standard InChI is InChI=1S/C9H10N4O/c10-5-8-12-9(14-13-8)2-1-7-3-4-11-6-7/h1-4,6,11H,5,10H2/b2-1+. The van der Waals surface area contributed by atoms with Crippen LogP contribution in [0.15, 0.2) is 23.0 Å². The van der Waals surface area contributed by atoms with Gasteiger partial charge in [-0.2, -0.15) is 4.98 Å². The molecular formula is C9H10N4O. The number of hydrogen-bond acceptors (Lipinski definition) is 4. The van der Waals surface area contributed by atoms with E-state index in [-0.39, 0.29) is 0 Å². The van der Waals surface area contributed by atoms with E-state index in [9.17, 15) is 0 Å². The summed E-state index contributed by atoms with van der Waals surface area (Å²) in [4.78, 5) is 6.97. The van der Waals surface area contributed by atoms with Gasteiger partial charge in [0.2, 0.25) is 0 Å². The van der Waals surface area contributed by atoms with E-state index in [1.54, 1.807) is 6.08 Å². The van der Waals surface area contributed by atoms with Crippen LogP contribution < -0.4 is 5.73 Å². The van der Waals surface area contributed by atoms with E-state index in [1.807, 2.05) is 24.5 Å². The lowest BCUT2D eigenvalue weighted by molar-refractivity contribution is 0.403. The molecule has 0 bridgehead atoms. The van der Waals surface area contributed by atoms with Gasteiger partial charge in [-0.1, -0.05) is 5.16 Å². The first kappa shape index (κ1) is 8.71. The van der Waals surface area contributed by atoms with Gasteiger partial charge < -0.3 is 15.2 Å². The number of aromatic amines is 1. The van der Waals surface area contributed by atoms with Crippen molar-refractivity contribution in [3.8, 4) is 0 Å². The lowest BCUT2D eigenvalue weighted by Gasteiger charge is -1.80. The van der Waals surface area contributed by atoms with Crippen LogP contribution in [0.4, 0.5) is 0 Å². The highest BCUT2D eigenvalue weighted by Gasteiger charge is 1.99. The molecule has 14 heavy (non-hydrogen) atoms. The maximum Gasteiger partial charge on any atom is 0.250 e. The minimum absolute atomic E-state index is 0.293. The van der Waals surface area contributed by atoms with Crippen LogP contribution in [0.1, 0.15) is 17.3 Å². The molecule has 0 spiro atoms. The van der Waals surface area contributed by atoms with E-state index >= 15 is 0 Å². The first-order valence-corrected chi connectivity index (χ1v) is 4.22. The molecule has 5 heteroatoms. The zero-order chi connectivity index (χ0) is 9.80. The van der Waals surface area contributed by atoms with Gasteiger partial charge in [-0.05, 0) is 17.7 Å². The molecule has 0 saturated heterocycles. The predicted octanol–water partition coefficient (Wildman–Crippen LogP) is 1.03. The van der Waals surface area contributed by atoms with E-state index in [0.717, 1.165) is 5.56 Å². The SMILES string of the molecule is NCc1noc(/C=C/c2cc[nH]c2)n1. The molecule has 0 saturated carbocycles. The Balaban J connectivity index is 2.10. The number of nitrogens with one attached hydrogen (secondary N) is 1. The number of rotatable bonds is 3. The topological polar surface area (TPSA) is 80.7 Å². The molecule has 2 aromatic heterocycles. The Morgan fingerprint density at radius 3 is 3.07 bits per heavy atom. The average Bonchev–Trinajstić information content (AvgIpc) is 2.86. The van der Waals surface area contributed by atoms with Crippen molar-refractivity contribution in [2.75, 3.05) is 0 Å². The van der Waals surface area contributed by atoms with Gasteiger partial charge in [0, 0.05) is 18.5 Å². The molecule has 0 amide bonds. The molecular weight excluding hydrogens is 180 g/mol. The maximum absolute atomic E-state index is 5.34. The molecule has 0 radical (unpaired) electrons. The third kappa shape index (κ3) is 1.89. The summed E-state index contributed by atoms with van der Waals surface area (Å²) in [5.74, 6) is 0.977. The summed E-state index contributed by atoms with van der Waals surface area (Å²) in [7, 11) is 0. The second kappa shape index (κ2) is 3.89. The molecule has 0 aromatic carbocycles. The highest BCUT2D eigenvalue weighted by atomic mass is 16.5. The van der Waals surface area contributed by atoms with Gasteiger partial charge in [0.1, 0.15) is 0 Å². The second-order valence-electron chi connectivity index (χ2n) is 2.73. The van der Waals surface area contributed by atoms with Crippen LogP contribution >= 0.6 is 0 Å². The van der Waals surface area contributed by atoms with Crippen molar-refractivity contribution < 1.29 is 4.52 Å². The monoisotopic (exact) mass is 190 g/mol. The summed E-state index contributed by atoms with van der Waals surface area (Å²) in [6.45, 7) is 0.293. The van der Waals surface area contributed by atoms with Gasteiger partial charge in [0.25, 0.3) is 5.89 Å². The Morgan fingerprint density at radius 1 is 1.50 bits per heavy atom. The van der Waals surface area contributed by atoms with Crippen molar-refractivity contribution in [1.82, 2.24) is 15.1 Å². The van der Waals surface area contributed by atoms with Crippen molar-refractivity contribution in [2.45, 2.75) is 6.54 Å². The molecule has 2 rings (SSSR count). The smallest absolute Gasteiger partial charge is 0.250 e. The van der Waals surface area contributed by atoms with Crippen LogP contribution in [0, 0.1) is 0 Å². The fraction of sp³-hybridized carbons (Fsp3) is 0.111. The van der Waals surface area contributed by atoms with Crippen LogP contribution in [0.25, 0.3) is 12.2 Å². The third-order valence-corrected chi connectivity index (χ3v) is 1.71. The summed E-state index contributed by atoms with van der Waals surface area (Å²) in [5, 5.41) is 3.66. The first-order chi connectivity index (χ1) is 6.88. The highest BCUT2D eigenvalue weighted by Crippen LogP contribution is 2.05. The number of hydrogen-bond donors (Lipinski definition) is 2. The molecule has 0 aliphatic heterocycles. The summed E-state index contributed by atoms with van der Waals surface area (Å²) in [5.41, 5.74) is 6.39. The van der Waals surface area contributed by atoms with Gasteiger partial charge in [-0.25, -0.2) is 0 Å². The molecule has 5 nitrogen and oxygen atoms in total. The summed E-state index contributed by atoms with van der Waals surface area (Å²) >= 11 is 0. The van der Waals surface area contributed by atoms with Gasteiger partial charge >= 0.3 is 0 Å². The van der Waals surface area contributed by atoms with E-state index in [1.165, 1.54) is 0 Å². The van der Waals surface area contributed by atoms with Crippen LogP contribution in [-0.2, 0) is 6.54 Å². The molecule has 72 valence electrons. The van der Waals surface area contributed by atoms with Crippen LogP contribution in [0.5, 0.6) is 0 Å². The summed E-state index contributed by atoms with van der Waals surface area (Å²) < 4.78 is 4.92. The van der Waals surface area contributed by atoms with Gasteiger partial charge in [0.05, 0.1) is 6.54 Å². The lowest BCUT2D eigenvalue weighted by Crippen LogP contribution is -1.97. The van der Waals surface area contributed by atoms with E-state index < -0.39 is 0 Å². The van der Waals surface area contributed by atoms with E-state index in [0.29, 0.717) is 18.3 Å². The Bertz CT molecular complexity index is 416. The molecule has 0 aliphatic carbocycles. The summed E-state index contributed by atoms with van der Waals surface area (Å²) in [6, 6.07) is 1.94. The average molecular weight is 190 g/mol. The fourth-order valence-electron chi connectivity index (χ4n) is 1.03. The van der Waals surface area contributed by atoms with Crippen LogP contribution in [0.3, 0.4) is 0 Å². The molecule has 2 heterocycles. The Morgan fingerprint density at radius 2 is 2.43 bits per heavy atom. The van der Waals surface area contributed by atoms with Crippen LogP contribution in [-0.4, -0.2) is 15.1 Å². The first-order valence-electron chi connectivity index (χ1n) is 4.22. The highest BCUT2D eigenvalue weighted by molar-refractivity contribution is 5.65. The number of H-pyrrole nitrogens is 1. The normalized spacial score (nSPS) is 11.2. The minimum Gasteiger partial charge on any atom is -0.367 e. The number of nitrogens with zero attached hydrogens (tertiary/aromatic N) is 2. The zero-order valence-electron chi connectivity index (χ0n) is 7.47. The molecule has 0 unspecified atom stereocenters. The van der Waals surface area contributed by atoms with E-state index in [2.05, 4.69) is 15.1 Å². The summed E-state index contributed by atoms with van der Waals surface area (Å²) in [6.07, 6.45) is 7.34. The van der Waals surface area contributed by atoms with Crippen molar-refractivity contribution in [1.29, 1.82) is 0 Å². The van der Waals surface area contributed by atoms with E-state index in [4.69, 9.17) is 10.3 Å². The van der Waals surface area contributed by atoms with Crippen LogP contribution in [0.2, 0.25) is 0 Å². The Kier molecular flexibility index (Phi) is 2.42. The van der Waals surface area contributed by atoms with Crippen molar-refractivity contribution >= 4 is 12.2 Å². The Hall–Kier alpha value is -1.88. The zero-order valence-corrected chi connectivity index (χ0v) is 7.47. The second-order valence-corrected chi connectivity index (χ2v) is 2.73. The van der Waals surface area contributed by atoms with Gasteiger partial charge in [-0.15, -0.1) is 0 Å². The quantitative estimate of drug-likeness (QED) is 0.757. The molecule has 0 atom stereocenters. The lowest BCUT2D eigenvalue weighted by atomic mass is 10.3. The molecule has 3 N–H and O–H groups in total. The number of aromatic nitrogens is 3.